The first kappa shape index (κ1) is 17.7. The minimum absolute atomic E-state index is 0.187. The molecule has 3 heterocycles. The molecule has 1 aliphatic rings. The Labute approximate surface area is 170 Å². The predicted octanol–water partition coefficient (Wildman–Crippen LogP) is 4.36. The van der Waals surface area contributed by atoms with E-state index in [-0.39, 0.29) is 5.75 Å². The fraction of sp³-hybridized carbons (Fsp3) is 0.250. The Kier molecular flexibility index (Phi) is 4.43. The Hall–Kier alpha value is -3.34. The summed E-state index contributed by atoms with van der Waals surface area (Å²) in [5.74, 6) is 1.97. The number of benzene rings is 2. The Morgan fingerprint density at radius 3 is 2.55 bits per heavy atom. The summed E-state index contributed by atoms with van der Waals surface area (Å²) < 4.78 is 6.22. The van der Waals surface area contributed by atoms with Crippen LogP contribution in [0.2, 0.25) is 0 Å². The zero-order valence-electron chi connectivity index (χ0n) is 16.6. The molecule has 2 aromatic carbocycles. The van der Waals surface area contributed by atoms with Crippen LogP contribution in [0.3, 0.4) is 0 Å². The molecule has 29 heavy (non-hydrogen) atoms. The summed E-state index contributed by atoms with van der Waals surface area (Å²) >= 11 is 0. The Balaban J connectivity index is 1.66. The first-order chi connectivity index (χ1) is 14.2. The number of nitrogens with zero attached hydrogens (tertiary/aromatic N) is 4. The third-order valence-electron chi connectivity index (χ3n) is 5.69. The monoisotopic (exact) mass is 385 g/mol. The van der Waals surface area contributed by atoms with Crippen LogP contribution in [-0.4, -0.2) is 19.5 Å². The largest absolute Gasteiger partial charge is 0.501 e. The number of aromatic nitrogens is 4. The van der Waals surface area contributed by atoms with E-state index in [1.54, 1.807) is 10.9 Å². The average Bonchev–Trinajstić information content (AvgIpc) is 3.20. The van der Waals surface area contributed by atoms with Gasteiger partial charge in [-0.15, -0.1) is 0 Å². The third-order valence-corrected chi connectivity index (χ3v) is 5.69. The Morgan fingerprint density at radius 1 is 0.966 bits per heavy atom. The van der Waals surface area contributed by atoms with Crippen LogP contribution >= 0.6 is 0 Å². The molecule has 5 nitrogen and oxygen atoms in total. The van der Waals surface area contributed by atoms with Gasteiger partial charge in [0.05, 0.1) is 18.4 Å². The summed E-state index contributed by atoms with van der Waals surface area (Å²) in [5.41, 5.74) is 4.55. The molecule has 0 aliphatic carbocycles. The maximum Gasteiger partial charge on any atom is 0.334 e. The SMILES string of the molecule is Cc1ccc(-c2c[n+](-c3nn(-c4ccccc4)cc3O)c3n2CCCCC3)cc1. The van der Waals surface area contributed by atoms with E-state index >= 15 is 0 Å². The number of aryl methyl sites for hydroxylation is 1. The lowest BCUT2D eigenvalue weighted by molar-refractivity contribution is -0.608. The molecule has 5 rings (SSSR count). The lowest BCUT2D eigenvalue weighted by Crippen LogP contribution is -2.35. The van der Waals surface area contributed by atoms with Gasteiger partial charge in [0.2, 0.25) is 11.6 Å². The smallest absolute Gasteiger partial charge is 0.334 e. The molecule has 5 heteroatoms. The van der Waals surface area contributed by atoms with Crippen LogP contribution in [0.1, 0.15) is 30.7 Å². The molecule has 0 fully saturated rings. The van der Waals surface area contributed by atoms with Crippen molar-refractivity contribution < 1.29 is 9.67 Å². The van der Waals surface area contributed by atoms with Gasteiger partial charge in [0.15, 0.2) is 0 Å². The van der Waals surface area contributed by atoms with Crippen molar-refractivity contribution in [3.8, 4) is 28.5 Å². The maximum atomic E-state index is 10.7. The zero-order valence-corrected chi connectivity index (χ0v) is 16.6. The number of hydrogen-bond acceptors (Lipinski definition) is 2. The van der Waals surface area contributed by atoms with Crippen LogP contribution in [0.4, 0.5) is 0 Å². The van der Waals surface area contributed by atoms with Crippen molar-refractivity contribution in [2.24, 2.45) is 0 Å². The molecule has 0 saturated carbocycles. The first-order valence-electron chi connectivity index (χ1n) is 10.3. The van der Waals surface area contributed by atoms with Gasteiger partial charge in [0.25, 0.3) is 0 Å². The van der Waals surface area contributed by atoms with E-state index in [0.29, 0.717) is 5.82 Å². The van der Waals surface area contributed by atoms with E-state index in [9.17, 15) is 5.11 Å². The molecule has 0 amide bonds. The van der Waals surface area contributed by atoms with Gasteiger partial charge < -0.3 is 5.11 Å². The second-order valence-electron chi connectivity index (χ2n) is 7.75. The van der Waals surface area contributed by atoms with Gasteiger partial charge in [-0.2, -0.15) is 9.25 Å². The summed E-state index contributed by atoms with van der Waals surface area (Å²) in [5, 5.41) is 15.4. The van der Waals surface area contributed by atoms with Gasteiger partial charge in [-0.1, -0.05) is 48.0 Å². The van der Waals surface area contributed by atoms with Crippen molar-refractivity contribution >= 4 is 0 Å². The highest BCUT2D eigenvalue weighted by Crippen LogP contribution is 2.27. The molecular weight excluding hydrogens is 360 g/mol. The van der Waals surface area contributed by atoms with Crippen molar-refractivity contribution in [3.05, 3.63) is 78.4 Å². The normalized spacial score (nSPS) is 13.8. The minimum Gasteiger partial charge on any atom is -0.501 e. The molecular formula is C24H25N4O+. The summed E-state index contributed by atoms with van der Waals surface area (Å²) in [6.07, 6.45) is 8.33. The van der Waals surface area contributed by atoms with Crippen LogP contribution in [0, 0.1) is 6.92 Å². The number of para-hydroxylation sites is 1. The van der Waals surface area contributed by atoms with Gasteiger partial charge in [0.1, 0.15) is 11.9 Å². The van der Waals surface area contributed by atoms with E-state index in [1.165, 1.54) is 35.5 Å². The molecule has 0 spiro atoms. The minimum atomic E-state index is 0.187. The molecule has 0 radical (unpaired) electrons. The molecule has 2 aromatic heterocycles. The van der Waals surface area contributed by atoms with E-state index in [0.717, 1.165) is 25.1 Å². The number of rotatable bonds is 3. The van der Waals surface area contributed by atoms with Gasteiger partial charge >= 0.3 is 5.82 Å². The molecule has 1 N–H and O–H groups in total. The quantitative estimate of drug-likeness (QED) is 0.533. The van der Waals surface area contributed by atoms with Crippen LogP contribution in [0.15, 0.2) is 67.0 Å². The molecule has 146 valence electrons. The lowest BCUT2D eigenvalue weighted by atomic mass is 10.1. The second kappa shape index (κ2) is 7.24. The molecule has 4 aromatic rings. The number of hydrogen-bond donors (Lipinski definition) is 1. The molecule has 0 unspecified atom stereocenters. The van der Waals surface area contributed by atoms with E-state index in [2.05, 4.69) is 46.5 Å². The first-order valence-corrected chi connectivity index (χ1v) is 10.3. The average molecular weight is 385 g/mol. The Bertz CT molecular complexity index is 1140. The van der Waals surface area contributed by atoms with Crippen molar-refractivity contribution in [2.45, 2.75) is 39.2 Å². The highest BCUT2D eigenvalue weighted by molar-refractivity contribution is 5.59. The third kappa shape index (κ3) is 3.23. The topological polar surface area (TPSA) is 46.9 Å². The van der Waals surface area contributed by atoms with Crippen LogP contribution in [0.25, 0.3) is 22.8 Å². The standard InChI is InChI=1S/C24H24N4O/c1-18-11-13-19(14-12-18)21-16-27(23-10-6-3-7-15-26(21)23)24-22(29)17-28(25-24)20-8-4-2-5-9-20/h2,4-5,8-9,11-14,16-17H,3,6-7,10,15H2,1H3/p+1. The Morgan fingerprint density at radius 2 is 1.76 bits per heavy atom. The van der Waals surface area contributed by atoms with Gasteiger partial charge in [-0.25, -0.2) is 0 Å². The van der Waals surface area contributed by atoms with Crippen molar-refractivity contribution in [1.29, 1.82) is 0 Å². The van der Waals surface area contributed by atoms with Crippen molar-refractivity contribution in [2.75, 3.05) is 0 Å². The van der Waals surface area contributed by atoms with Crippen molar-refractivity contribution in [1.82, 2.24) is 14.3 Å². The fourth-order valence-electron chi connectivity index (χ4n) is 4.15. The van der Waals surface area contributed by atoms with E-state index in [4.69, 9.17) is 5.10 Å². The van der Waals surface area contributed by atoms with Crippen LogP contribution in [-0.2, 0) is 13.0 Å². The summed E-state index contributed by atoms with van der Waals surface area (Å²) in [7, 11) is 0. The summed E-state index contributed by atoms with van der Waals surface area (Å²) in [6.45, 7) is 3.10. The molecule has 1 aliphatic heterocycles. The van der Waals surface area contributed by atoms with E-state index in [1.807, 2.05) is 30.3 Å². The number of imidazole rings is 1. The van der Waals surface area contributed by atoms with Crippen LogP contribution in [0.5, 0.6) is 5.75 Å². The highest BCUT2D eigenvalue weighted by Gasteiger charge is 2.29. The molecule has 0 atom stereocenters. The number of aromatic hydroxyl groups is 1. The van der Waals surface area contributed by atoms with Crippen LogP contribution < -0.4 is 4.57 Å². The maximum absolute atomic E-state index is 10.7. The van der Waals surface area contributed by atoms with Gasteiger partial charge in [-0.3, -0.25) is 4.57 Å². The zero-order chi connectivity index (χ0) is 19.8. The molecule has 0 saturated heterocycles. The van der Waals surface area contributed by atoms with Gasteiger partial charge in [0, 0.05) is 12.0 Å². The predicted molar refractivity (Wildman–Crippen MR) is 112 cm³/mol. The summed E-state index contributed by atoms with van der Waals surface area (Å²) in [4.78, 5) is 0. The van der Waals surface area contributed by atoms with Gasteiger partial charge in [-0.05, 0) is 43.4 Å². The fourth-order valence-corrected chi connectivity index (χ4v) is 4.15. The number of fused-ring (bicyclic) bond motifs is 1. The highest BCUT2D eigenvalue weighted by atomic mass is 16.3. The lowest BCUT2D eigenvalue weighted by Gasteiger charge is -2.05. The second-order valence-corrected chi connectivity index (χ2v) is 7.75. The molecule has 0 bridgehead atoms. The summed E-state index contributed by atoms with van der Waals surface area (Å²) in [6, 6.07) is 18.5. The van der Waals surface area contributed by atoms with E-state index < -0.39 is 0 Å². The van der Waals surface area contributed by atoms with Crippen molar-refractivity contribution in [3.63, 3.8) is 0 Å².